The second-order valence-corrected chi connectivity index (χ2v) is 9.61. The molecule has 1 saturated carbocycles. The van der Waals surface area contributed by atoms with Gasteiger partial charge in [-0.05, 0) is 50.7 Å². The molecule has 1 N–H and O–H groups in total. The average Bonchev–Trinajstić information content (AvgIpc) is 2.91. The zero-order chi connectivity index (χ0) is 22.0. The quantitative estimate of drug-likeness (QED) is 0.307. The number of carbonyl (C=O) groups excluding carboxylic acids is 1. The molecule has 0 saturated heterocycles. The maximum absolute atomic E-state index is 12.1. The first-order valence-corrected chi connectivity index (χ1v) is 13.2. The summed E-state index contributed by atoms with van der Waals surface area (Å²) in [5.41, 5.74) is 1.27. The van der Waals surface area contributed by atoms with E-state index < -0.39 is 0 Å². The monoisotopic (exact) mass is 429 g/mol. The summed E-state index contributed by atoms with van der Waals surface area (Å²) in [5.74, 6) is 1.97. The summed E-state index contributed by atoms with van der Waals surface area (Å²) in [4.78, 5) is 12.1. The van der Waals surface area contributed by atoms with Crippen LogP contribution in [0, 0.1) is 12.8 Å². The number of rotatable bonds is 14. The molecule has 1 fully saturated rings. The lowest BCUT2D eigenvalue weighted by molar-refractivity contribution is -0.121. The van der Waals surface area contributed by atoms with E-state index in [0.29, 0.717) is 12.3 Å². The first-order chi connectivity index (χ1) is 15.2. The third kappa shape index (κ3) is 13.5. The van der Waals surface area contributed by atoms with E-state index in [1.54, 1.807) is 0 Å². The molecule has 0 aromatic heterocycles. The molecule has 0 heterocycles. The fourth-order valence-electron chi connectivity index (χ4n) is 4.54. The third-order valence-electron chi connectivity index (χ3n) is 6.65. The fourth-order valence-corrected chi connectivity index (χ4v) is 4.54. The molecule has 3 nitrogen and oxygen atoms in total. The predicted octanol–water partition coefficient (Wildman–Crippen LogP) is 7.75. The first-order valence-electron chi connectivity index (χ1n) is 13.2. The summed E-state index contributed by atoms with van der Waals surface area (Å²) in [7, 11) is 0. The Bertz CT molecular complexity index is 559. The van der Waals surface area contributed by atoms with Gasteiger partial charge in [-0.15, -0.1) is 0 Å². The summed E-state index contributed by atoms with van der Waals surface area (Å²) < 4.78 is 5.78. The summed E-state index contributed by atoms with van der Waals surface area (Å²) in [6, 6.07) is 8.29. The molecule has 31 heavy (non-hydrogen) atoms. The molecule has 0 bridgehead atoms. The van der Waals surface area contributed by atoms with E-state index in [1.807, 2.05) is 0 Å². The van der Waals surface area contributed by atoms with Crippen LogP contribution in [0.15, 0.2) is 24.3 Å². The lowest BCUT2D eigenvalue weighted by Crippen LogP contribution is -2.29. The Kier molecular flexibility index (Phi) is 14.2. The summed E-state index contributed by atoms with van der Waals surface area (Å²) in [6.45, 7) is 3.82. The van der Waals surface area contributed by atoms with Crippen molar-refractivity contribution in [1.82, 2.24) is 5.32 Å². The highest BCUT2D eigenvalue weighted by Gasteiger charge is 2.12. The maximum Gasteiger partial charge on any atom is 0.220 e. The van der Waals surface area contributed by atoms with E-state index in [-0.39, 0.29) is 5.91 Å². The van der Waals surface area contributed by atoms with Crippen LogP contribution in [0.5, 0.6) is 5.75 Å². The third-order valence-corrected chi connectivity index (χ3v) is 6.65. The standard InChI is InChI=1S/C28H47NO2/c1-25-19-21-27(22-20-25)31-23-15-11-7-3-2-4-10-14-18-28(30)29-24-26-16-12-8-5-6-9-13-17-26/h19-22,26H,2-18,23-24H2,1H3,(H,29,30). The number of hydrogen-bond acceptors (Lipinski definition) is 2. The summed E-state index contributed by atoms with van der Waals surface area (Å²) >= 11 is 0. The number of nitrogens with one attached hydrogen (secondary N) is 1. The molecule has 1 aliphatic carbocycles. The van der Waals surface area contributed by atoms with Gasteiger partial charge in [0.2, 0.25) is 5.91 Å². The Morgan fingerprint density at radius 2 is 1.35 bits per heavy atom. The van der Waals surface area contributed by atoms with E-state index in [1.165, 1.54) is 95.5 Å². The molecule has 176 valence electrons. The summed E-state index contributed by atoms with van der Waals surface area (Å²) in [6.07, 6.45) is 21.3. The van der Waals surface area contributed by atoms with Crippen molar-refractivity contribution in [3.63, 3.8) is 0 Å². The van der Waals surface area contributed by atoms with E-state index >= 15 is 0 Å². The molecule has 3 heteroatoms. The van der Waals surface area contributed by atoms with Gasteiger partial charge in [-0.2, -0.15) is 0 Å². The highest BCUT2D eigenvalue weighted by Crippen LogP contribution is 2.21. The van der Waals surface area contributed by atoms with Crippen LogP contribution in [0.2, 0.25) is 0 Å². The Balaban J connectivity index is 1.35. The number of carbonyl (C=O) groups is 1. The largest absolute Gasteiger partial charge is 0.494 e. The number of unbranched alkanes of at least 4 members (excludes halogenated alkanes) is 7. The molecule has 1 aromatic carbocycles. The lowest BCUT2D eigenvalue weighted by Gasteiger charge is -2.16. The van der Waals surface area contributed by atoms with Crippen molar-refractivity contribution in [3.05, 3.63) is 29.8 Å². The molecule has 0 radical (unpaired) electrons. The maximum atomic E-state index is 12.1. The molecule has 0 atom stereocenters. The molecular formula is C28H47NO2. The number of hydrogen-bond donors (Lipinski definition) is 1. The van der Waals surface area contributed by atoms with Gasteiger partial charge in [0, 0.05) is 13.0 Å². The summed E-state index contributed by atoms with van der Waals surface area (Å²) in [5, 5.41) is 3.22. The lowest BCUT2D eigenvalue weighted by atomic mass is 9.97. The second-order valence-electron chi connectivity index (χ2n) is 9.61. The molecule has 1 aliphatic rings. The Morgan fingerprint density at radius 1 is 0.806 bits per heavy atom. The van der Waals surface area contributed by atoms with Gasteiger partial charge in [0.1, 0.15) is 5.75 Å². The van der Waals surface area contributed by atoms with Crippen molar-refractivity contribution in [2.45, 2.75) is 116 Å². The van der Waals surface area contributed by atoms with Gasteiger partial charge in [-0.3, -0.25) is 4.79 Å². The van der Waals surface area contributed by atoms with Crippen molar-refractivity contribution in [2.75, 3.05) is 13.2 Å². The minimum Gasteiger partial charge on any atom is -0.494 e. The predicted molar refractivity (Wildman–Crippen MR) is 132 cm³/mol. The molecule has 2 rings (SSSR count). The molecule has 0 aliphatic heterocycles. The van der Waals surface area contributed by atoms with Gasteiger partial charge in [0.15, 0.2) is 0 Å². The molecule has 1 amide bonds. The van der Waals surface area contributed by atoms with Crippen LogP contribution in [-0.2, 0) is 4.79 Å². The van der Waals surface area contributed by atoms with E-state index in [0.717, 1.165) is 31.7 Å². The van der Waals surface area contributed by atoms with Gasteiger partial charge in [0.05, 0.1) is 6.61 Å². The Morgan fingerprint density at radius 3 is 2.00 bits per heavy atom. The van der Waals surface area contributed by atoms with Gasteiger partial charge in [-0.1, -0.05) is 94.7 Å². The van der Waals surface area contributed by atoms with Gasteiger partial charge < -0.3 is 10.1 Å². The number of amides is 1. The van der Waals surface area contributed by atoms with Gasteiger partial charge >= 0.3 is 0 Å². The topological polar surface area (TPSA) is 38.3 Å². The van der Waals surface area contributed by atoms with Crippen molar-refractivity contribution in [1.29, 1.82) is 0 Å². The van der Waals surface area contributed by atoms with Crippen molar-refractivity contribution >= 4 is 5.91 Å². The zero-order valence-electron chi connectivity index (χ0n) is 20.1. The van der Waals surface area contributed by atoms with E-state index in [2.05, 4.69) is 36.5 Å². The highest BCUT2D eigenvalue weighted by molar-refractivity contribution is 5.75. The van der Waals surface area contributed by atoms with Crippen LogP contribution in [0.3, 0.4) is 0 Å². The number of benzene rings is 1. The van der Waals surface area contributed by atoms with Crippen LogP contribution in [0.4, 0.5) is 0 Å². The van der Waals surface area contributed by atoms with Crippen LogP contribution >= 0.6 is 0 Å². The van der Waals surface area contributed by atoms with Gasteiger partial charge in [0.25, 0.3) is 0 Å². The molecular weight excluding hydrogens is 382 g/mol. The average molecular weight is 430 g/mol. The normalized spacial score (nSPS) is 15.6. The smallest absolute Gasteiger partial charge is 0.220 e. The van der Waals surface area contributed by atoms with Crippen LogP contribution in [0.1, 0.15) is 115 Å². The fraction of sp³-hybridized carbons (Fsp3) is 0.750. The number of ether oxygens (including phenoxy) is 1. The minimum atomic E-state index is 0.272. The number of aryl methyl sites for hydroxylation is 1. The van der Waals surface area contributed by atoms with E-state index in [4.69, 9.17) is 4.74 Å². The van der Waals surface area contributed by atoms with Crippen molar-refractivity contribution in [2.24, 2.45) is 5.92 Å². The zero-order valence-corrected chi connectivity index (χ0v) is 20.1. The Hall–Kier alpha value is -1.51. The van der Waals surface area contributed by atoms with Crippen LogP contribution < -0.4 is 10.1 Å². The minimum absolute atomic E-state index is 0.272. The second kappa shape index (κ2) is 17.1. The molecule has 0 unspecified atom stereocenters. The van der Waals surface area contributed by atoms with Crippen LogP contribution in [-0.4, -0.2) is 19.1 Å². The highest BCUT2D eigenvalue weighted by atomic mass is 16.5. The molecule has 0 spiro atoms. The van der Waals surface area contributed by atoms with Crippen molar-refractivity contribution < 1.29 is 9.53 Å². The Labute approximate surface area is 191 Å². The molecule has 1 aromatic rings. The van der Waals surface area contributed by atoms with E-state index in [9.17, 15) is 4.79 Å². The SMILES string of the molecule is Cc1ccc(OCCCCCCCCCCC(=O)NCC2CCCCCCCC2)cc1. The van der Waals surface area contributed by atoms with Crippen molar-refractivity contribution in [3.8, 4) is 5.75 Å². The van der Waals surface area contributed by atoms with Crippen LogP contribution in [0.25, 0.3) is 0 Å². The first kappa shape index (κ1) is 25.7. The van der Waals surface area contributed by atoms with Gasteiger partial charge in [-0.25, -0.2) is 0 Å².